The molecule has 1 aliphatic heterocycles. The van der Waals surface area contributed by atoms with Crippen molar-refractivity contribution >= 4 is 0 Å². The van der Waals surface area contributed by atoms with Crippen molar-refractivity contribution in [3.63, 3.8) is 0 Å². The molecule has 0 amide bonds. The van der Waals surface area contributed by atoms with E-state index in [0.29, 0.717) is 18.5 Å². The van der Waals surface area contributed by atoms with Gasteiger partial charge in [0.15, 0.2) is 0 Å². The van der Waals surface area contributed by atoms with E-state index in [0.717, 1.165) is 25.1 Å². The average molecular weight is 258 g/mol. The van der Waals surface area contributed by atoms with Gasteiger partial charge in [-0.2, -0.15) is 0 Å². The van der Waals surface area contributed by atoms with Crippen molar-refractivity contribution in [3.8, 4) is 11.8 Å². The van der Waals surface area contributed by atoms with Crippen LogP contribution < -0.4 is 5.73 Å². The summed E-state index contributed by atoms with van der Waals surface area (Å²) in [6.45, 7) is 4.79. The van der Waals surface area contributed by atoms with Crippen molar-refractivity contribution in [3.05, 3.63) is 35.4 Å². The third kappa shape index (κ3) is 3.57. The van der Waals surface area contributed by atoms with E-state index in [1.165, 1.54) is 5.56 Å². The van der Waals surface area contributed by atoms with Crippen LogP contribution in [0.2, 0.25) is 0 Å². The molecule has 1 aromatic carbocycles. The van der Waals surface area contributed by atoms with E-state index in [1.54, 1.807) is 0 Å². The van der Waals surface area contributed by atoms with E-state index in [-0.39, 0.29) is 6.61 Å². The fourth-order valence-corrected chi connectivity index (χ4v) is 2.71. The first kappa shape index (κ1) is 14.1. The quantitative estimate of drug-likeness (QED) is 0.801. The van der Waals surface area contributed by atoms with Crippen LogP contribution in [-0.4, -0.2) is 35.7 Å². The van der Waals surface area contributed by atoms with Crippen molar-refractivity contribution in [1.29, 1.82) is 0 Å². The Hall–Kier alpha value is -1.34. The molecule has 19 heavy (non-hydrogen) atoms. The third-order valence-corrected chi connectivity index (χ3v) is 3.83. The summed E-state index contributed by atoms with van der Waals surface area (Å²) in [6, 6.07) is 8.55. The second kappa shape index (κ2) is 6.72. The minimum absolute atomic E-state index is 0.244. The molecule has 2 rings (SSSR count). The number of nitrogens with two attached hydrogens (primary N) is 1. The lowest BCUT2D eigenvalue weighted by molar-refractivity contribution is 0.134. The number of aliphatic hydroxyl groups excluding tert-OH is 1. The van der Waals surface area contributed by atoms with Gasteiger partial charge in [-0.1, -0.05) is 30.9 Å². The number of likely N-dealkylation sites (tertiary alicyclic amines) is 1. The lowest BCUT2D eigenvalue weighted by Crippen LogP contribution is -2.34. The molecule has 1 saturated heterocycles. The third-order valence-electron chi connectivity index (χ3n) is 3.83. The van der Waals surface area contributed by atoms with Gasteiger partial charge in [-0.3, -0.25) is 4.90 Å². The topological polar surface area (TPSA) is 49.5 Å². The van der Waals surface area contributed by atoms with E-state index in [9.17, 15) is 5.11 Å². The number of hydrogen-bond donors (Lipinski definition) is 2. The van der Waals surface area contributed by atoms with Crippen LogP contribution in [0, 0.1) is 17.8 Å². The van der Waals surface area contributed by atoms with Crippen LogP contribution in [0.25, 0.3) is 0 Å². The van der Waals surface area contributed by atoms with Crippen LogP contribution in [0.3, 0.4) is 0 Å². The standard InChI is InChI=1S/C16H22N2O/c1-13-7-9-18(16(13)12-19)11-15-5-2-4-14(10-15)6-3-8-17/h2,4-5,10,13,16,19H,7-9,11-12,17H2,1H3. The Bertz CT molecular complexity index is 475. The van der Waals surface area contributed by atoms with Gasteiger partial charge >= 0.3 is 0 Å². The Balaban J connectivity index is 2.07. The highest BCUT2D eigenvalue weighted by Crippen LogP contribution is 2.25. The highest BCUT2D eigenvalue weighted by atomic mass is 16.3. The fraction of sp³-hybridized carbons (Fsp3) is 0.500. The molecule has 0 saturated carbocycles. The van der Waals surface area contributed by atoms with Gasteiger partial charge < -0.3 is 10.8 Å². The van der Waals surface area contributed by atoms with E-state index in [4.69, 9.17) is 5.73 Å². The SMILES string of the molecule is CC1CCN(Cc2cccc(C#CCN)c2)C1CO. The zero-order valence-corrected chi connectivity index (χ0v) is 11.5. The second-order valence-electron chi connectivity index (χ2n) is 5.19. The summed E-state index contributed by atoms with van der Waals surface area (Å²) in [4.78, 5) is 2.36. The first-order valence-electron chi connectivity index (χ1n) is 6.87. The summed E-state index contributed by atoms with van der Waals surface area (Å²) in [5, 5.41) is 9.48. The Morgan fingerprint density at radius 2 is 2.32 bits per heavy atom. The molecule has 0 aliphatic carbocycles. The zero-order chi connectivity index (χ0) is 13.7. The minimum atomic E-state index is 0.244. The Morgan fingerprint density at radius 3 is 3.05 bits per heavy atom. The van der Waals surface area contributed by atoms with Crippen LogP contribution >= 0.6 is 0 Å². The van der Waals surface area contributed by atoms with Crippen LogP contribution in [0.1, 0.15) is 24.5 Å². The molecule has 102 valence electrons. The number of benzene rings is 1. The molecule has 0 aromatic heterocycles. The van der Waals surface area contributed by atoms with Crippen molar-refractivity contribution in [2.75, 3.05) is 19.7 Å². The molecule has 3 N–H and O–H groups in total. The molecule has 3 nitrogen and oxygen atoms in total. The van der Waals surface area contributed by atoms with Crippen molar-refractivity contribution in [2.24, 2.45) is 11.7 Å². The van der Waals surface area contributed by atoms with Gasteiger partial charge in [-0.25, -0.2) is 0 Å². The molecule has 0 spiro atoms. The van der Waals surface area contributed by atoms with Crippen LogP contribution in [-0.2, 0) is 6.54 Å². The average Bonchev–Trinajstić information content (AvgIpc) is 2.77. The van der Waals surface area contributed by atoms with Gasteiger partial charge in [0.05, 0.1) is 13.2 Å². The largest absolute Gasteiger partial charge is 0.395 e. The molecule has 0 radical (unpaired) electrons. The van der Waals surface area contributed by atoms with Crippen LogP contribution in [0.15, 0.2) is 24.3 Å². The van der Waals surface area contributed by atoms with Gasteiger partial charge in [0.25, 0.3) is 0 Å². The summed E-state index contributed by atoms with van der Waals surface area (Å²) in [6.07, 6.45) is 1.16. The molecule has 1 fully saturated rings. The number of rotatable bonds is 3. The molecule has 1 heterocycles. The normalized spacial score (nSPS) is 23.1. The smallest absolute Gasteiger partial charge is 0.0589 e. The Labute approximate surface area is 115 Å². The van der Waals surface area contributed by atoms with Gasteiger partial charge in [0, 0.05) is 18.2 Å². The summed E-state index contributed by atoms with van der Waals surface area (Å²) >= 11 is 0. The van der Waals surface area contributed by atoms with Gasteiger partial charge in [0.2, 0.25) is 0 Å². The van der Waals surface area contributed by atoms with E-state index >= 15 is 0 Å². The van der Waals surface area contributed by atoms with Crippen molar-refractivity contribution in [2.45, 2.75) is 25.9 Å². The highest BCUT2D eigenvalue weighted by molar-refractivity contribution is 5.37. The number of aliphatic hydroxyl groups is 1. The van der Waals surface area contributed by atoms with Crippen molar-refractivity contribution in [1.82, 2.24) is 4.90 Å². The minimum Gasteiger partial charge on any atom is -0.395 e. The molecule has 3 heteroatoms. The summed E-state index contributed by atoms with van der Waals surface area (Å²) in [5.74, 6) is 6.51. The molecule has 2 unspecified atom stereocenters. The first-order chi connectivity index (χ1) is 9.24. The molecule has 2 atom stereocenters. The predicted octanol–water partition coefficient (Wildman–Crippen LogP) is 1.20. The van der Waals surface area contributed by atoms with E-state index in [1.807, 2.05) is 12.1 Å². The monoisotopic (exact) mass is 258 g/mol. The first-order valence-corrected chi connectivity index (χ1v) is 6.87. The Morgan fingerprint density at radius 1 is 1.47 bits per heavy atom. The van der Waals surface area contributed by atoms with Gasteiger partial charge in [-0.05, 0) is 36.6 Å². The van der Waals surface area contributed by atoms with Crippen LogP contribution in [0.5, 0.6) is 0 Å². The van der Waals surface area contributed by atoms with E-state index < -0.39 is 0 Å². The summed E-state index contributed by atoms with van der Waals surface area (Å²) in [5.41, 5.74) is 7.64. The van der Waals surface area contributed by atoms with Gasteiger partial charge in [-0.15, -0.1) is 0 Å². The Kier molecular flexibility index (Phi) is 4.98. The summed E-state index contributed by atoms with van der Waals surface area (Å²) in [7, 11) is 0. The molecular formula is C16H22N2O. The maximum absolute atomic E-state index is 9.48. The zero-order valence-electron chi connectivity index (χ0n) is 11.5. The fourth-order valence-electron chi connectivity index (χ4n) is 2.71. The predicted molar refractivity (Wildman–Crippen MR) is 77.4 cm³/mol. The molecule has 1 aromatic rings. The molecular weight excluding hydrogens is 236 g/mol. The summed E-state index contributed by atoms with van der Waals surface area (Å²) < 4.78 is 0. The second-order valence-corrected chi connectivity index (χ2v) is 5.19. The molecule has 1 aliphatic rings. The van der Waals surface area contributed by atoms with Crippen molar-refractivity contribution < 1.29 is 5.11 Å². The maximum Gasteiger partial charge on any atom is 0.0589 e. The lowest BCUT2D eigenvalue weighted by atomic mass is 10.0. The van der Waals surface area contributed by atoms with Crippen LogP contribution in [0.4, 0.5) is 0 Å². The molecule has 0 bridgehead atoms. The van der Waals surface area contributed by atoms with E-state index in [2.05, 4.69) is 35.8 Å². The maximum atomic E-state index is 9.48. The number of hydrogen-bond acceptors (Lipinski definition) is 3. The van der Waals surface area contributed by atoms with Gasteiger partial charge in [0.1, 0.15) is 0 Å². The number of nitrogens with zero attached hydrogens (tertiary/aromatic N) is 1. The lowest BCUT2D eigenvalue weighted by Gasteiger charge is -2.25. The highest BCUT2D eigenvalue weighted by Gasteiger charge is 2.30.